The number of nitrogens with zero attached hydrogens (tertiary/aromatic N) is 1. The van der Waals surface area contributed by atoms with E-state index in [1.165, 1.54) is 18.3 Å². The van der Waals surface area contributed by atoms with Gasteiger partial charge in [-0.05, 0) is 23.8 Å². The summed E-state index contributed by atoms with van der Waals surface area (Å²) in [5, 5.41) is 0. The van der Waals surface area contributed by atoms with Gasteiger partial charge in [-0.25, -0.2) is 4.21 Å². The molecule has 4 nitrogen and oxygen atoms in total. The van der Waals surface area contributed by atoms with Gasteiger partial charge in [-0.15, -0.1) is 0 Å². The van der Waals surface area contributed by atoms with Crippen LogP contribution in [0.25, 0.3) is 11.1 Å². The summed E-state index contributed by atoms with van der Waals surface area (Å²) in [5.41, 5.74) is 1.25. The van der Waals surface area contributed by atoms with Gasteiger partial charge in [-0.3, -0.25) is 9.78 Å². The number of nitrogens with two attached hydrogens (primary N) is 1. The number of carbonyl (C=O) groups is 1. The lowest BCUT2D eigenvalue weighted by atomic mass is 10.0. The molecule has 0 aliphatic carbocycles. The number of alkyl halides is 3. The standard InChI is InChI=1S/C13H9F3N2O2S/c14-13(15,16)21(20)9-5-3-8(4-6-9)10-2-1-7-18-11(10)12(17)19/h1-7H,(H2,17,19). The van der Waals surface area contributed by atoms with Crippen molar-refractivity contribution in [3.8, 4) is 11.1 Å². The van der Waals surface area contributed by atoms with Crippen molar-refractivity contribution in [1.29, 1.82) is 0 Å². The molecule has 2 aromatic rings. The largest absolute Gasteiger partial charge is 0.475 e. The molecule has 0 radical (unpaired) electrons. The summed E-state index contributed by atoms with van der Waals surface area (Å²) >= 11 is 0. The van der Waals surface area contributed by atoms with Crippen LogP contribution < -0.4 is 5.73 Å². The van der Waals surface area contributed by atoms with E-state index in [2.05, 4.69) is 4.98 Å². The number of carbonyl (C=O) groups excluding carboxylic acids is 1. The van der Waals surface area contributed by atoms with Crippen LogP contribution in [0.2, 0.25) is 0 Å². The van der Waals surface area contributed by atoms with Gasteiger partial charge in [0, 0.05) is 16.7 Å². The number of rotatable bonds is 3. The minimum absolute atomic E-state index is 0.0159. The normalized spacial score (nSPS) is 12.9. The number of hydrogen-bond donors (Lipinski definition) is 1. The van der Waals surface area contributed by atoms with Crippen LogP contribution in [0.1, 0.15) is 10.5 Å². The van der Waals surface area contributed by atoms with Crippen molar-refractivity contribution >= 4 is 16.7 Å². The van der Waals surface area contributed by atoms with Crippen LogP contribution in [-0.2, 0) is 10.8 Å². The zero-order valence-electron chi connectivity index (χ0n) is 10.4. The first kappa shape index (κ1) is 15.2. The molecule has 1 aromatic heterocycles. The lowest BCUT2D eigenvalue weighted by molar-refractivity contribution is -0.0384. The molecule has 0 aliphatic rings. The topological polar surface area (TPSA) is 73.1 Å². The highest BCUT2D eigenvalue weighted by atomic mass is 32.2. The van der Waals surface area contributed by atoms with Gasteiger partial charge in [-0.1, -0.05) is 18.2 Å². The molecule has 0 aliphatic heterocycles. The van der Waals surface area contributed by atoms with Crippen LogP contribution in [0.3, 0.4) is 0 Å². The lowest BCUT2D eigenvalue weighted by Crippen LogP contribution is -2.16. The maximum absolute atomic E-state index is 12.4. The Kier molecular flexibility index (Phi) is 4.08. The monoisotopic (exact) mass is 314 g/mol. The van der Waals surface area contributed by atoms with E-state index in [4.69, 9.17) is 5.73 Å². The summed E-state index contributed by atoms with van der Waals surface area (Å²) in [4.78, 5) is 14.7. The van der Waals surface area contributed by atoms with E-state index in [0.717, 1.165) is 12.1 Å². The smallest absolute Gasteiger partial charge is 0.364 e. The number of aromatic nitrogens is 1. The molecule has 8 heteroatoms. The molecule has 110 valence electrons. The molecule has 0 saturated heterocycles. The predicted molar refractivity (Wildman–Crippen MR) is 70.7 cm³/mol. The Hall–Kier alpha value is -2.22. The predicted octanol–water partition coefficient (Wildman–Crippen LogP) is 2.47. The number of halogens is 3. The van der Waals surface area contributed by atoms with E-state index in [1.54, 1.807) is 12.1 Å². The van der Waals surface area contributed by atoms with Crippen LogP contribution in [0.15, 0.2) is 47.5 Å². The molecule has 1 atom stereocenters. The van der Waals surface area contributed by atoms with Crippen molar-refractivity contribution in [2.45, 2.75) is 10.4 Å². The Morgan fingerprint density at radius 2 is 1.76 bits per heavy atom. The summed E-state index contributed by atoms with van der Waals surface area (Å²) in [7, 11) is -3.09. The van der Waals surface area contributed by atoms with Gasteiger partial charge in [0.15, 0.2) is 10.8 Å². The molecule has 1 amide bonds. The third kappa shape index (κ3) is 3.27. The maximum Gasteiger partial charge on any atom is 0.475 e. The van der Waals surface area contributed by atoms with Crippen molar-refractivity contribution in [1.82, 2.24) is 4.98 Å². The molecule has 0 fully saturated rings. The summed E-state index contributed by atoms with van der Waals surface area (Å²) in [6, 6.07) is 8.00. The quantitative estimate of drug-likeness (QED) is 0.946. The van der Waals surface area contributed by atoms with Crippen LogP contribution in [0.4, 0.5) is 13.2 Å². The third-order valence-electron chi connectivity index (χ3n) is 2.63. The first-order valence-corrected chi connectivity index (χ1v) is 6.79. The van der Waals surface area contributed by atoms with Gasteiger partial charge in [0.2, 0.25) is 0 Å². The van der Waals surface area contributed by atoms with Gasteiger partial charge in [0.25, 0.3) is 5.91 Å². The minimum atomic E-state index is -4.81. The Bertz CT molecular complexity index is 699. The highest BCUT2D eigenvalue weighted by molar-refractivity contribution is 7.86. The average molecular weight is 314 g/mol. The molecule has 0 spiro atoms. The number of pyridine rings is 1. The molecule has 21 heavy (non-hydrogen) atoms. The van der Waals surface area contributed by atoms with E-state index in [-0.39, 0.29) is 10.6 Å². The van der Waals surface area contributed by atoms with E-state index >= 15 is 0 Å². The van der Waals surface area contributed by atoms with Crippen LogP contribution >= 0.6 is 0 Å². The van der Waals surface area contributed by atoms with Crippen molar-refractivity contribution < 1.29 is 22.2 Å². The zero-order valence-corrected chi connectivity index (χ0v) is 11.2. The van der Waals surface area contributed by atoms with E-state index in [0.29, 0.717) is 11.1 Å². The second-order valence-corrected chi connectivity index (χ2v) is 5.47. The molecule has 1 aromatic carbocycles. The molecule has 0 bridgehead atoms. The fourth-order valence-electron chi connectivity index (χ4n) is 1.73. The Morgan fingerprint density at radius 3 is 2.29 bits per heavy atom. The Labute approximate surface area is 120 Å². The summed E-state index contributed by atoms with van der Waals surface area (Å²) in [6.07, 6.45) is 1.39. The van der Waals surface area contributed by atoms with Crippen LogP contribution in [0, 0.1) is 0 Å². The minimum Gasteiger partial charge on any atom is -0.364 e. The summed E-state index contributed by atoms with van der Waals surface area (Å²) < 4.78 is 48.3. The second-order valence-electron chi connectivity index (χ2n) is 4.00. The number of hydrogen-bond acceptors (Lipinski definition) is 3. The first-order chi connectivity index (χ1) is 9.80. The molecule has 1 unspecified atom stereocenters. The SMILES string of the molecule is NC(=O)c1ncccc1-c1ccc(S(=O)C(F)(F)F)cc1. The van der Waals surface area contributed by atoms with Gasteiger partial charge >= 0.3 is 5.51 Å². The highest BCUT2D eigenvalue weighted by Gasteiger charge is 2.37. The van der Waals surface area contributed by atoms with Crippen molar-refractivity contribution in [2.75, 3.05) is 0 Å². The molecular weight excluding hydrogens is 305 g/mol. The van der Waals surface area contributed by atoms with Gasteiger partial charge in [0.1, 0.15) is 5.69 Å². The second kappa shape index (κ2) is 5.65. The molecule has 2 rings (SSSR count). The molecule has 2 N–H and O–H groups in total. The summed E-state index contributed by atoms with van der Waals surface area (Å²) in [5.74, 6) is -0.742. The fraction of sp³-hybridized carbons (Fsp3) is 0.0769. The first-order valence-electron chi connectivity index (χ1n) is 5.64. The fourth-order valence-corrected chi connectivity index (χ4v) is 2.38. The van der Waals surface area contributed by atoms with E-state index in [1.807, 2.05) is 0 Å². The van der Waals surface area contributed by atoms with Crippen molar-refractivity contribution in [3.05, 3.63) is 48.3 Å². The van der Waals surface area contributed by atoms with Gasteiger partial charge in [-0.2, -0.15) is 13.2 Å². The third-order valence-corrected chi connectivity index (χ3v) is 3.75. The number of amides is 1. The maximum atomic E-state index is 12.4. The molecular formula is C13H9F3N2O2S. The number of benzene rings is 1. The van der Waals surface area contributed by atoms with Gasteiger partial charge in [0.05, 0.1) is 0 Å². The number of primary amides is 1. The van der Waals surface area contributed by atoms with E-state index in [9.17, 15) is 22.2 Å². The summed E-state index contributed by atoms with van der Waals surface area (Å²) in [6.45, 7) is 0. The lowest BCUT2D eigenvalue weighted by Gasteiger charge is -2.08. The zero-order chi connectivity index (χ0) is 15.6. The molecule has 1 heterocycles. The van der Waals surface area contributed by atoms with E-state index < -0.39 is 22.2 Å². The van der Waals surface area contributed by atoms with Crippen LogP contribution in [-0.4, -0.2) is 20.6 Å². The molecule has 0 saturated carbocycles. The average Bonchev–Trinajstić information content (AvgIpc) is 2.45. The Morgan fingerprint density at radius 1 is 1.14 bits per heavy atom. The Balaban J connectivity index is 2.41. The van der Waals surface area contributed by atoms with Crippen molar-refractivity contribution in [2.24, 2.45) is 5.73 Å². The van der Waals surface area contributed by atoms with Gasteiger partial charge < -0.3 is 5.73 Å². The highest BCUT2D eigenvalue weighted by Crippen LogP contribution is 2.28. The van der Waals surface area contributed by atoms with Crippen LogP contribution in [0.5, 0.6) is 0 Å². The van der Waals surface area contributed by atoms with Crippen molar-refractivity contribution in [3.63, 3.8) is 0 Å².